The van der Waals surface area contributed by atoms with Gasteiger partial charge in [0.05, 0.1) is 5.60 Å². The molecular formula is C28H29ClN2O. The topological polar surface area (TPSA) is 36.4 Å². The van der Waals surface area contributed by atoms with Crippen LogP contribution in [-0.2, 0) is 11.0 Å². The van der Waals surface area contributed by atoms with E-state index in [1.165, 1.54) is 22.3 Å². The highest BCUT2D eigenvalue weighted by Gasteiger charge is 2.53. The fourth-order valence-electron chi connectivity index (χ4n) is 6.75. The molecular weight excluding hydrogens is 416 g/mol. The highest BCUT2D eigenvalue weighted by molar-refractivity contribution is 6.30. The van der Waals surface area contributed by atoms with Crippen molar-refractivity contribution in [3.05, 3.63) is 99.8 Å². The Morgan fingerprint density at radius 2 is 1.84 bits per heavy atom. The number of halogens is 1. The first-order valence-corrected chi connectivity index (χ1v) is 12.1. The van der Waals surface area contributed by atoms with Crippen molar-refractivity contribution in [1.82, 2.24) is 9.88 Å². The zero-order valence-electron chi connectivity index (χ0n) is 18.5. The van der Waals surface area contributed by atoms with Gasteiger partial charge >= 0.3 is 0 Å². The molecule has 0 unspecified atom stereocenters. The summed E-state index contributed by atoms with van der Waals surface area (Å²) >= 11 is 6.47. The highest BCUT2D eigenvalue weighted by atomic mass is 35.5. The molecule has 32 heavy (non-hydrogen) atoms. The van der Waals surface area contributed by atoms with E-state index in [4.69, 9.17) is 11.6 Å². The predicted molar refractivity (Wildman–Crippen MR) is 128 cm³/mol. The van der Waals surface area contributed by atoms with Gasteiger partial charge in [0.15, 0.2) is 0 Å². The molecule has 6 rings (SSSR count). The van der Waals surface area contributed by atoms with Gasteiger partial charge in [-0.2, -0.15) is 0 Å². The molecule has 3 aliphatic rings. The maximum atomic E-state index is 11.3. The summed E-state index contributed by atoms with van der Waals surface area (Å²) in [5.41, 5.74) is 5.99. The van der Waals surface area contributed by atoms with Gasteiger partial charge in [0.2, 0.25) is 0 Å². The molecule has 3 atom stereocenters. The lowest BCUT2D eigenvalue weighted by Crippen LogP contribution is -2.46. The smallest absolute Gasteiger partial charge is 0.0912 e. The van der Waals surface area contributed by atoms with Gasteiger partial charge < -0.3 is 10.0 Å². The van der Waals surface area contributed by atoms with Crippen molar-refractivity contribution in [2.75, 3.05) is 19.6 Å². The fourth-order valence-corrected chi connectivity index (χ4v) is 6.92. The molecule has 2 aromatic carbocycles. The lowest BCUT2D eigenvalue weighted by molar-refractivity contribution is -0.0347. The Hall–Kier alpha value is -2.20. The average molecular weight is 445 g/mol. The second-order valence-electron chi connectivity index (χ2n) is 10.1. The van der Waals surface area contributed by atoms with E-state index in [1.807, 2.05) is 25.1 Å². The van der Waals surface area contributed by atoms with Crippen LogP contribution in [0.4, 0.5) is 0 Å². The lowest BCUT2D eigenvalue weighted by atomic mass is 9.73. The number of rotatable bonds is 4. The number of fused-ring (bicyclic) bond motifs is 8. The molecule has 1 saturated heterocycles. The lowest BCUT2D eigenvalue weighted by Gasteiger charge is -2.43. The Balaban J connectivity index is 1.26. The Morgan fingerprint density at radius 1 is 1.06 bits per heavy atom. The van der Waals surface area contributed by atoms with E-state index in [9.17, 15) is 5.11 Å². The number of likely N-dealkylation sites (tertiary alicyclic amines) is 1. The second kappa shape index (κ2) is 7.41. The third-order valence-electron chi connectivity index (χ3n) is 8.43. The highest BCUT2D eigenvalue weighted by Crippen LogP contribution is 2.60. The monoisotopic (exact) mass is 444 g/mol. The van der Waals surface area contributed by atoms with Gasteiger partial charge in [-0.1, -0.05) is 48.0 Å². The third kappa shape index (κ3) is 2.98. The van der Waals surface area contributed by atoms with Crippen LogP contribution < -0.4 is 0 Å². The van der Waals surface area contributed by atoms with Gasteiger partial charge in [0.25, 0.3) is 0 Å². The van der Waals surface area contributed by atoms with Crippen molar-refractivity contribution < 1.29 is 5.11 Å². The molecule has 0 saturated carbocycles. The van der Waals surface area contributed by atoms with Crippen LogP contribution in [0.5, 0.6) is 0 Å². The van der Waals surface area contributed by atoms with Gasteiger partial charge in [-0.15, -0.1) is 0 Å². The molecule has 2 bridgehead atoms. The van der Waals surface area contributed by atoms with Crippen LogP contribution in [0.15, 0.2) is 67.0 Å². The minimum atomic E-state index is -0.836. The molecule has 2 aliphatic carbocycles. The van der Waals surface area contributed by atoms with Gasteiger partial charge in [-0.05, 0) is 85.6 Å². The summed E-state index contributed by atoms with van der Waals surface area (Å²) in [6, 6.07) is 19.4. The molecule has 3 aromatic rings. The first kappa shape index (κ1) is 20.4. The normalized spacial score (nSPS) is 26.5. The van der Waals surface area contributed by atoms with Crippen LogP contribution in [0.2, 0.25) is 5.02 Å². The van der Waals surface area contributed by atoms with E-state index >= 15 is 0 Å². The summed E-state index contributed by atoms with van der Waals surface area (Å²) in [7, 11) is 0. The van der Waals surface area contributed by atoms with Crippen LogP contribution in [0.1, 0.15) is 59.9 Å². The SMILES string of the molecule is C[C@@](O)(c1cccnc1)C1CCN(C[C@@]23C[C@@H](c4ccccc42)c2ccc(Cl)cc23)CC1. The maximum Gasteiger partial charge on any atom is 0.0912 e. The molecule has 1 aliphatic heterocycles. The van der Waals surface area contributed by atoms with E-state index < -0.39 is 5.60 Å². The molecule has 1 fully saturated rings. The number of pyridine rings is 1. The minimum absolute atomic E-state index is 0.0280. The number of benzene rings is 2. The van der Waals surface area contributed by atoms with Crippen LogP contribution in [0.3, 0.4) is 0 Å². The van der Waals surface area contributed by atoms with Gasteiger partial charge in [0.1, 0.15) is 0 Å². The molecule has 1 N–H and O–H groups in total. The Bertz CT molecular complexity index is 1150. The van der Waals surface area contributed by atoms with E-state index in [2.05, 4.69) is 46.3 Å². The van der Waals surface area contributed by atoms with Crippen LogP contribution >= 0.6 is 11.6 Å². The predicted octanol–water partition coefficient (Wildman–Crippen LogP) is 5.49. The first-order chi connectivity index (χ1) is 15.5. The zero-order valence-corrected chi connectivity index (χ0v) is 19.2. The summed E-state index contributed by atoms with van der Waals surface area (Å²) in [5.74, 6) is 0.733. The molecule has 1 aromatic heterocycles. The number of aliphatic hydroxyl groups is 1. The summed E-state index contributed by atoms with van der Waals surface area (Å²) in [6.45, 7) is 4.99. The number of aromatic nitrogens is 1. The zero-order chi connectivity index (χ0) is 21.9. The van der Waals surface area contributed by atoms with E-state index in [-0.39, 0.29) is 11.3 Å². The van der Waals surface area contributed by atoms with Gasteiger partial charge in [0, 0.05) is 40.9 Å². The van der Waals surface area contributed by atoms with Crippen molar-refractivity contribution in [2.45, 2.75) is 43.1 Å². The quantitative estimate of drug-likeness (QED) is 0.578. The Kier molecular flexibility index (Phi) is 4.73. The van der Waals surface area contributed by atoms with E-state index in [0.717, 1.165) is 49.5 Å². The number of hydrogen-bond acceptors (Lipinski definition) is 3. The summed E-state index contributed by atoms with van der Waals surface area (Å²) in [4.78, 5) is 6.84. The van der Waals surface area contributed by atoms with Crippen LogP contribution in [0, 0.1) is 5.92 Å². The summed E-state index contributed by atoms with van der Waals surface area (Å²) in [5, 5.41) is 12.1. The molecule has 0 amide bonds. The molecule has 0 spiro atoms. The fraction of sp³-hybridized carbons (Fsp3) is 0.393. The van der Waals surface area contributed by atoms with E-state index in [0.29, 0.717) is 5.92 Å². The molecule has 164 valence electrons. The van der Waals surface area contributed by atoms with Gasteiger partial charge in [-0.25, -0.2) is 0 Å². The van der Waals surface area contributed by atoms with Crippen molar-refractivity contribution >= 4 is 11.6 Å². The number of hydrogen-bond donors (Lipinski definition) is 1. The van der Waals surface area contributed by atoms with Gasteiger partial charge in [-0.3, -0.25) is 4.98 Å². The third-order valence-corrected chi connectivity index (χ3v) is 8.67. The van der Waals surface area contributed by atoms with Crippen LogP contribution in [0.25, 0.3) is 0 Å². The second-order valence-corrected chi connectivity index (χ2v) is 10.5. The van der Waals surface area contributed by atoms with Crippen molar-refractivity contribution in [3.63, 3.8) is 0 Å². The van der Waals surface area contributed by atoms with Crippen molar-refractivity contribution in [1.29, 1.82) is 0 Å². The molecule has 2 heterocycles. The number of piperidine rings is 1. The summed E-state index contributed by atoms with van der Waals surface area (Å²) < 4.78 is 0. The molecule has 0 radical (unpaired) electrons. The minimum Gasteiger partial charge on any atom is -0.385 e. The Morgan fingerprint density at radius 3 is 2.62 bits per heavy atom. The summed E-state index contributed by atoms with van der Waals surface area (Å²) in [6.07, 6.45) is 6.70. The standard InChI is InChI=1S/C28H29ClN2O/c1-27(32,20-5-4-12-30-17-20)19-10-13-31(14-11-19)18-28-16-24(22-6-2-3-7-25(22)28)23-9-8-21(29)15-26(23)28/h2-9,12,15,17,19,24,32H,10-11,13-14,16,18H2,1H3/t24-,27-,28-/m0/s1. The molecule has 4 heteroatoms. The molecule has 3 nitrogen and oxygen atoms in total. The maximum absolute atomic E-state index is 11.3. The number of nitrogens with zero attached hydrogens (tertiary/aromatic N) is 2. The van der Waals surface area contributed by atoms with Crippen molar-refractivity contribution in [3.8, 4) is 0 Å². The van der Waals surface area contributed by atoms with Crippen molar-refractivity contribution in [2.24, 2.45) is 5.92 Å². The first-order valence-electron chi connectivity index (χ1n) is 11.7. The average Bonchev–Trinajstić information content (AvgIpc) is 3.31. The van der Waals surface area contributed by atoms with E-state index in [1.54, 1.807) is 12.4 Å². The van der Waals surface area contributed by atoms with Crippen LogP contribution in [-0.4, -0.2) is 34.6 Å². The Labute approximate surface area is 195 Å². The largest absolute Gasteiger partial charge is 0.385 e.